The first-order valence-electron chi connectivity index (χ1n) is 5.00. The molecule has 0 atom stereocenters. The van der Waals surface area contributed by atoms with E-state index in [1.54, 1.807) is 12.3 Å². The fraction of sp³-hybridized carbons (Fsp3) is 0.500. The summed E-state index contributed by atoms with van der Waals surface area (Å²) in [7, 11) is 0. The smallest absolute Gasteiger partial charge is 0.162 e. The summed E-state index contributed by atoms with van der Waals surface area (Å²) in [5.74, 6) is 0.710. The fourth-order valence-corrected chi connectivity index (χ4v) is 1.51. The summed E-state index contributed by atoms with van der Waals surface area (Å²) < 4.78 is 0. The number of hydrogen-bond donors (Lipinski definition) is 2. The van der Waals surface area contributed by atoms with Gasteiger partial charge in [-0.05, 0) is 26.8 Å². The Kier molecular flexibility index (Phi) is 3.60. The molecule has 0 saturated heterocycles. The average molecular weight is 207 g/mol. The van der Waals surface area contributed by atoms with Crippen LogP contribution in [-0.2, 0) is 0 Å². The van der Waals surface area contributed by atoms with Crippen LogP contribution in [0.1, 0.15) is 26.3 Å². The Morgan fingerprint density at radius 1 is 1.60 bits per heavy atom. The van der Waals surface area contributed by atoms with Crippen molar-refractivity contribution in [2.24, 2.45) is 5.73 Å². The third kappa shape index (κ3) is 2.43. The van der Waals surface area contributed by atoms with E-state index in [0.29, 0.717) is 17.4 Å². The molecule has 0 aliphatic rings. The van der Waals surface area contributed by atoms with Crippen molar-refractivity contribution in [1.29, 1.82) is 5.41 Å². The van der Waals surface area contributed by atoms with Crippen LogP contribution < -0.4 is 10.6 Å². The first-order chi connectivity index (χ1) is 7.07. The van der Waals surface area contributed by atoms with Crippen molar-refractivity contribution in [2.75, 3.05) is 11.4 Å². The molecule has 0 aliphatic heterocycles. The maximum atomic E-state index is 7.47. The molecule has 0 amide bonds. The van der Waals surface area contributed by atoms with Crippen molar-refractivity contribution in [3.8, 4) is 0 Å². The molecule has 0 radical (unpaired) electrons. The standard InChI is InChI=1S/C10H17N5/c1-4-15(7(2)3)10-8(9(11)12)5-6-13-14-10/h5-7H,4H2,1-3H3,(H3,11,12). The highest BCUT2D eigenvalue weighted by Gasteiger charge is 2.15. The highest BCUT2D eigenvalue weighted by atomic mass is 15.3. The number of nitrogens with zero attached hydrogens (tertiary/aromatic N) is 3. The Labute approximate surface area is 89.8 Å². The lowest BCUT2D eigenvalue weighted by Crippen LogP contribution is -2.33. The second kappa shape index (κ2) is 4.72. The molecule has 82 valence electrons. The maximum Gasteiger partial charge on any atom is 0.162 e. The van der Waals surface area contributed by atoms with Crippen molar-refractivity contribution in [1.82, 2.24) is 10.2 Å². The van der Waals surface area contributed by atoms with Crippen molar-refractivity contribution < 1.29 is 0 Å². The highest BCUT2D eigenvalue weighted by Crippen LogP contribution is 2.17. The van der Waals surface area contributed by atoms with Gasteiger partial charge in [0.25, 0.3) is 0 Å². The lowest BCUT2D eigenvalue weighted by atomic mass is 10.2. The largest absolute Gasteiger partial charge is 0.384 e. The van der Waals surface area contributed by atoms with Gasteiger partial charge in [-0.1, -0.05) is 0 Å². The van der Waals surface area contributed by atoms with E-state index in [-0.39, 0.29) is 5.84 Å². The molecule has 5 heteroatoms. The summed E-state index contributed by atoms with van der Waals surface area (Å²) in [5.41, 5.74) is 6.14. The number of hydrogen-bond acceptors (Lipinski definition) is 4. The van der Waals surface area contributed by atoms with Gasteiger partial charge in [0, 0.05) is 12.6 Å². The molecule has 0 spiro atoms. The molecule has 1 rings (SSSR count). The second-order valence-corrected chi connectivity index (χ2v) is 3.56. The number of rotatable bonds is 4. The second-order valence-electron chi connectivity index (χ2n) is 3.56. The number of nitrogens with one attached hydrogen (secondary N) is 1. The molecule has 1 aromatic heterocycles. The lowest BCUT2D eigenvalue weighted by Gasteiger charge is -2.27. The van der Waals surface area contributed by atoms with Gasteiger partial charge in [0.1, 0.15) is 5.84 Å². The number of nitrogens with two attached hydrogens (primary N) is 1. The van der Waals surface area contributed by atoms with Gasteiger partial charge in [0.2, 0.25) is 0 Å². The molecule has 0 aromatic carbocycles. The summed E-state index contributed by atoms with van der Waals surface area (Å²) in [5, 5.41) is 15.4. The van der Waals surface area contributed by atoms with Gasteiger partial charge < -0.3 is 10.6 Å². The molecule has 1 aromatic rings. The highest BCUT2D eigenvalue weighted by molar-refractivity contribution is 5.99. The minimum Gasteiger partial charge on any atom is -0.384 e. The van der Waals surface area contributed by atoms with Crippen molar-refractivity contribution in [3.63, 3.8) is 0 Å². The van der Waals surface area contributed by atoms with E-state index in [9.17, 15) is 0 Å². The first kappa shape index (κ1) is 11.4. The number of amidine groups is 1. The minimum atomic E-state index is 0.0269. The topological polar surface area (TPSA) is 78.9 Å². The molecule has 1 heterocycles. The molecule has 5 nitrogen and oxygen atoms in total. The summed E-state index contributed by atoms with van der Waals surface area (Å²) in [6.45, 7) is 7.00. The molecule has 0 fully saturated rings. The summed E-state index contributed by atoms with van der Waals surface area (Å²) >= 11 is 0. The van der Waals surface area contributed by atoms with Crippen molar-refractivity contribution in [3.05, 3.63) is 17.8 Å². The van der Waals surface area contributed by atoms with Gasteiger partial charge in [0.05, 0.1) is 11.8 Å². The Hall–Kier alpha value is -1.65. The normalized spacial score (nSPS) is 10.4. The van der Waals surface area contributed by atoms with Crippen LogP contribution >= 0.6 is 0 Å². The van der Waals surface area contributed by atoms with Crippen LogP contribution in [0, 0.1) is 5.41 Å². The van der Waals surface area contributed by atoms with E-state index in [4.69, 9.17) is 11.1 Å². The SMILES string of the molecule is CCN(c1nnccc1C(=N)N)C(C)C. The Bertz CT molecular complexity index is 347. The zero-order valence-corrected chi connectivity index (χ0v) is 9.36. The van der Waals surface area contributed by atoms with Gasteiger partial charge in [-0.2, -0.15) is 5.10 Å². The fourth-order valence-electron chi connectivity index (χ4n) is 1.51. The molecule has 0 bridgehead atoms. The quantitative estimate of drug-likeness (QED) is 0.570. The molecule has 0 aliphatic carbocycles. The summed E-state index contributed by atoms with van der Waals surface area (Å²) in [4.78, 5) is 2.06. The number of anilines is 1. The van der Waals surface area contributed by atoms with Gasteiger partial charge >= 0.3 is 0 Å². The zero-order valence-electron chi connectivity index (χ0n) is 9.36. The van der Waals surface area contributed by atoms with Crippen LogP contribution in [0.4, 0.5) is 5.82 Å². The van der Waals surface area contributed by atoms with Crippen LogP contribution in [0.15, 0.2) is 12.3 Å². The molecule has 0 saturated carbocycles. The molecular formula is C10H17N5. The molecule has 0 unspecified atom stereocenters. The predicted octanol–water partition coefficient (Wildman–Crippen LogP) is 0.995. The summed E-state index contributed by atoms with van der Waals surface area (Å²) in [6, 6.07) is 2.03. The monoisotopic (exact) mass is 207 g/mol. The van der Waals surface area contributed by atoms with Crippen LogP contribution in [-0.4, -0.2) is 28.6 Å². The van der Waals surface area contributed by atoms with Crippen molar-refractivity contribution >= 4 is 11.7 Å². The van der Waals surface area contributed by atoms with Gasteiger partial charge in [-0.3, -0.25) is 5.41 Å². The van der Waals surface area contributed by atoms with Gasteiger partial charge in [-0.15, -0.1) is 5.10 Å². The number of nitrogen functional groups attached to an aromatic ring is 1. The zero-order chi connectivity index (χ0) is 11.4. The Morgan fingerprint density at radius 3 is 2.73 bits per heavy atom. The van der Waals surface area contributed by atoms with Crippen LogP contribution in [0.2, 0.25) is 0 Å². The van der Waals surface area contributed by atoms with Crippen LogP contribution in [0.25, 0.3) is 0 Å². The van der Waals surface area contributed by atoms with Gasteiger partial charge in [0.15, 0.2) is 5.82 Å². The third-order valence-corrected chi connectivity index (χ3v) is 2.23. The van der Waals surface area contributed by atoms with E-state index in [0.717, 1.165) is 6.54 Å². The first-order valence-corrected chi connectivity index (χ1v) is 5.00. The van der Waals surface area contributed by atoms with Gasteiger partial charge in [-0.25, -0.2) is 0 Å². The van der Waals surface area contributed by atoms with E-state index in [2.05, 4.69) is 28.9 Å². The van der Waals surface area contributed by atoms with E-state index in [1.165, 1.54) is 0 Å². The third-order valence-electron chi connectivity index (χ3n) is 2.23. The molecular weight excluding hydrogens is 190 g/mol. The molecule has 3 N–H and O–H groups in total. The predicted molar refractivity (Wildman–Crippen MR) is 61.2 cm³/mol. The lowest BCUT2D eigenvalue weighted by molar-refractivity contribution is 0.685. The van der Waals surface area contributed by atoms with E-state index < -0.39 is 0 Å². The maximum absolute atomic E-state index is 7.47. The van der Waals surface area contributed by atoms with E-state index in [1.807, 2.05) is 6.92 Å². The minimum absolute atomic E-state index is 0.0269. The van der Waals surface area contributed by atoms with Crippen LogP contribution in [0.5, 0.6) is 0 Å². The van der Waals surface area contributed by atoms with Crippen molar-refractivity contribution in [2.45, 2.75) is 26.8 Å². The Morgan fingerprint density at radius 2 is 2.27 bits per heavy atom. The van der Waals surface area contributed by atoms with Crippen LogP contribution in [0.3, 0.4) is 0 Å². The number of aromatic nitrogens is 2. The summed E-state index contributed by atoms with van der Waals surface area (Å²) in [6.07, 6.45) is 1.55. The van der Waals surface area contributed by atoms with E-state index >= 15 is 0 Å². The average Bonchev–Trinajstić information content (AvgIpc) is 2.18. The Balaban J connectivity index is 3.16. The molecule has 15 heavy (non-hydrogen) atoms.